The number of hydrogen-bond acceptors (Lipinski definition) is 1. The SMILES string of the molecule is c1ccc(-c2cccc(-n3c4ccccc4c4cc(-c5ccc6c(c5)c5cc7ccccc7cc5n6-c5ccc6c(c5)oc5ccccc56)ccc43)c2)cc1. The Hall–Kier alpha value is -7.36. The minimum absolute atomic E-state index is 0.894. The van der Waals surface area contributed by atoms with Gasteiger partial charge in [-0.1, -0.05) is 115 Å². The molecule has 0 radical (unpaired) electrons. The standard InChI is InChI=1S/C52H32N2O/c1-2-11-33(12-3-1)34-15-10-16-39(27-34)53-47-19-8-6-17-41(47)44-29-37(21-25-48(44)53)38-22-26-49-45(30-38)46-28-35-13-4-5-14-36(35)31-50(46)54(49)40-23-24-43-42-18-7-9-20-51(42)55-52(43)32-40/h1-32H. The number of aromatic nitrogens is 2. The van der Waals surface area contributed by atoms with Crippen LogP contribution in [0.4, 0.5) is 0 Å². The minimum atomic E-state index is 0.894. The van der Waals surface area contributed by atoms with Crippen LogP contribution in [0.2, 0.25) is 0 Å². The molecule has 9 aromatic carbocycles. The molecule has 0 fully saturated rings. The van der Waals surface area contributed by atoms with Crippen molar-refractivity contribution in [1.82, 2.24) is 9.13 Å². The Kier molecular flexibility index (Phi) is 6.34. The predicted octanol–water partition coefficient (Wildman–Crippen LogP) is 14.3. The number of nitrogens with zero attached hydrogens (tertiary/aromatic N) is 2. The Labute approximate surface area is 316 Å². The molecule has 256 valence electrons. The molecular weight excluding hydrogens is 669 g/mol. The van der Waals surface area contributed by atoms with Crippen molar-refractivity contribution in [2.45, 2.75) is 0 Å². The van der Waals surface area contributed by atoms with Gasteiger partial charge in [0.25, 0.3) is 0 Å². The molecule has 3 heterocycles. The van der Waals surface area contributed by atoms with Crippen molar-refractivity contribution in [3.05, 3.63) is 194 Å². The topological polar surface area (TPSA) is 23.0 Å². The number of benzene rings is 9. The first-order valence-corrected chi connectivity index (χ1v) is 18.8. The van der Waals surface area contributed by atoms with E-state index in [1.54, 1.807) is 0 Å². The van der Waals surface area contributed by atoms with Gasteiger partial charge in [0.2, 0.25) is 0 Å². The molecule has 12 aromatic rings. The van der Waals surface area contributed by atoms with Crippen LogP contribution in [0.3, 0.4) is 0 Å². The third-order valence-corrected chi connectivity index (χ3v) is 11.5. The molecule has 0 atom stereocenters. The maximum atomic E-state index is 6.37. The highest BCUT2D eigenvalue weighted by Crippen LogP contribution is 2.40. The highest BCUT2D eigenvalue weighted by Gasteiger charge is 2.18. The zero-order valence-corrected chi connectivity index (χ0v) is 29.8. The van der Waals surface area contributed by atoms with Gasteiger partial charge in [-0.2, -0.15) is 0 Å². The maximum Gasteiger partial charge on any atom is 0.137 e. The van der Waals surface area contributed by atoms with Crippen molar-refractivity contribution < 1.29 is 4.42 Å². The lowest BCUT2D eigenvalue weighted by molar-refractivity contribution is 0.668. The summed E-state index contributed by atoms with van der Waals surface area (Å²) in [6.45, 7) is 0. The number of para-hydroxylation sites is 2. The van der Waals surface area contributed by atoms with Gasteiger partial charge in [0.1, 0.15) is 11.2 Å². The van der Waals surface area contributed by atoms with E-state index in [-0.39, 0.29) is 0 Å². The first-order chi connectivity index (χ1) is 27.2. The van der Waals surface area contributed by atoms with E-state index in [1.807, 2.05) is 12.1 Å². The zero-order chi connectivity index (χ0) is 36.0. The van der Waals surface area contributed by atoms with Crippen LogP contribution in [0.5, 0.6) is 0 Å². The molecular formula is C52H32N2O. The number of rotatable bonds is 4. The highest BCUT2D eigenvalue weighted by molar-refractivity contribution is 6.16. The maximum absolute atomic E-state index is 6.37. The molecule has 0 aliphatic heterocycles. The molecule has 0 spiro atoms. The van der Waals surface area contributed by atoms with Crippen molar-refractivity contribution in [3.8, 4) is 33.6 Å². The molecule has 0 aliphatic rings. The average molecular weight is 701 g/mol. The van der Waals surface area contributed by atoms with Gasteiger partial charge in [0, 0.05) is 49.8 Å². The number of hydrogen-bond donors (Lipinski definition) is 0. The first kappa shape index (κ1) is 30.1. The minimum Gasteiger partial charge on any atom is -0.456 e. The molecule has 3 heteroatoms. The van der Waals surface area contributed by atoms with Crippen LogP contribution < -0.4 is 0 Å². The summed E-state index contributed by atoms with van der Waals surface area (Å²) in [5.41, 5.74) is 13.6. The molecule has 0 unspecified atom stereocenters. The lowest BCUT2D eigenvalue weighted by Gasteiger charge is -2.11. The molecule has 0 saturated carbocycles. The molecule has 3 aromatic heterocycles. The van der Waals surface area contributed by atoms with Crippen molar-refractivity contribution in [2.75, 3.05) is 0 Å². The fourth-order valence-electron chi connectivity index (χ4n) is 8.90. The molecule has 12 rings (SSSR count). The molecule has 3 nitrogen and oxygen atoms in total. The van der Waals surface area contributed by atoms with Crippen molar-refractivity contribution >= 4 is 76.3 Å². The van der Waals surface area contributed by atoms with E-state index >= 15 is 0 Å². The van der Waals surface area contributed by atoms with E-state index in [1.165, 1.54) is 76.6 Å². The monoisotopic (exact) mass is 700 g/mol. The first-order valence-electron chi connectivity index (χ1n) is 18.8. The van der Waals surface area contributed by atoms with Crippen LogP contribution in [0, 0.1) is 0 Å². The summed E-state index contributed by atoms with van der Waals surface area (Å²) in [4.78, 5) is 0. The Bertz CT molecular complexity index is 3490. The Morgan fingerprint density at radius 1 is 0.273 bits per heavy atom. The van der Waals surface area contributed by atoms with E-state index in [4.69, 9.17) is 4.42 Å². The zero-order valence-electron chi connectivity index (χ0n) is 29.8. The van der Waals surface area contributed by atoms with E-state index in [9.17, 15) is 0 Å². The lowest BCUT2D eigenvalue weighted by atomic mass is 10.00. The average Bonchev–Trinajstić information content (AvgIpc) is 3.89. The molecule has 0 bridgehead atoms. The van der Waals surface area contributed by atoms with E-state index in [0.29, 0.717) is 0 Å². The van der Waals surface area contributed by atoms with Crippen LogP contribution in [0.25, 0.3) is 110 Å². The molecule has 0 amide bonds. The summed E-state index contributed by atoms with van der Waals surface area (Å²) in [6.07, 6.45) is 0. The van der Waals surface area contributed by atoms with E-state index in [2.05, 4.69) is 191 Å². The fourth-order valence-corrected chi connectivity index (χ4v) is 8.90. The van der Waals surface area contributed by atoms with Crippen molar-refractivity contribution in [1.29, 1.82) is 0 Å². The lowest BCUT2D eigenvalue weighted by Crippen LogP contribution is -1.94. The van der Waals surface area contributed by atoms with Gasteiger partial charge < -0.3 is 13.6 Å². The van der Waals surface area contributed by atoms with Gasteiger partial charge in [-0.25, -0.2) is 0 Å². The Morgan fingerprint density at radius 2 is 0.836 bits per heavy atom. The van der Waals surface area contributed by atoms with Gasteiger partial charge in [0.05, 0.1) is 22.1 Å². The smallest absolute Gasteiger partial charge is 0.137 e. The Balaban J connectivity index is 1.05. The van der Waals surface area contributed by atoms with Gasteiger partial charge in [-0.15, -0.1) is 0 Å². The van der Waals surface area contributed by atoms with Crippen molar-refractivity contribution in [3.63, 3.8) is 0 Å². The summed E-state index contributed by atoms with van der Waals surface area (Å²) in [6, 6.07) is 70.4. The van der Waals surface area contributed by atoms with Gasteiger partial charge in [-0.3, -0.25) is 0 Å². The summed E-state index contributed by atoms with van der Waals surface area (Å²) in [5, 5.41) is 9.68. The van der Waals surface area contributed by atoms with Crippen LogP contribution >= 0.6 is 0 Å². The van der Waals surface area contributed by atoms with Gasteiger partial charge >= 0.3 is 0 Å². The largest absolute Gasteiger partial charge is 0.456 e. The third-order valence-electron chi connectivity index (χ3n) is 11.5. The number of fused-ring (bicyclic) bond motifs is 10. The van der Waals surface area contributed by atoms with Crippen LogP contribution in [-0.4, -0.2) is 9.13 Å². The summed E-state index contributed by atoms with van der Waals surface area (Å²) >= 11 is 0. The van der Waals surface area contributed by atoms with Crippen LogP contribution in [0.15, 0.2) is 199 Å². The van der Waals surface area contributed by atoms with Crippen LogP contribution in [-0.2, 0) is 0 Å². The second-order valence-corrected chi connectivity index (χ2v) is 14.6. The summed E-state index contributed by atoms with van der Waals surface area (Å²) < 4.78 is 11.2. The van der Waals surface area contributed by atoms with Gasteiger partial charge in [0.15, 0.2) is 0 Å². The molecule has 0 aliphatic carbocycles. The molecule has 0 saturated heterocycles. The number of furan rings is 1. The molecule has 55 heavy (non-hydrogen) atoms. The Morgan fingerprint density at radius 3 is 1.65 bits per heavy atom. The van der Waals surface area contributed by atoms with E-state index in [0.717, 1.165) is 33.3 Å². The fraction of sp³-hybridized carbons (Fsp3) is 0. The van der Waals surface area contributed by atoms with Gasteiger partial charge in [-0.05, 0) is 106 Å². The predicted molar refractivity (Wildman–Crippen MR) is 231 cm³/mol. The third kappa shape index (κ3) is 4.57. The summed E-state index contributed by atoms with van der Waals surface area (Å²) in [7, 11) is 0. The van der Waals surface area contributed by atoms with E-state index < -0.39 is 0 Å². The second kappa shape index (κ2) is 11.6. The summed E-state index contributed by atoms with van der Waals surface area (Å²) in [5.74, 6) is 0. The van der Waals surface area contributed by atoms with Crippen LogP contribution in [0.1, 0.15) is 0 Å². The highest BCUT2D eigenvalue weighted by atomic mass is 16.3. The molecule has 0 N–H and O–H groups in total. The van der Waals surface area contributed by atoms with Crippen molar-refractivity contribution in [2.24, 2.45) is 0 Å². The quantitative estimate of drug-likeness (QED) is 0.179. The second-order valence-electron chi connectivity index (χ2n) is 14.6. The normalized spacial score (nSPS) is 12.0.